The van der Waals surface area contributed by atoms with Crippen molar-refractivity contribution in [3.8, 4) is 11.8 Å². The highest BCUT2D eigenvalue weighted by molar-refractivity contribution is 5.66. The molecule has 1 heterocycles. The zero-order chi connectivity index (χ0) is 13.2. The van der Waals surface area contributed by atoms with Crippen LogP contribution in [0.5, 0.6) is 5.75 Å². The van der Waals surface area contributed by atoms with Gasteiger partial charge in [0.2, 0.25) is 0 Å². The summed E-state index contributed by atoms with van der Waals surface area (Å²) in [6.07, 6.45) is 3.84. The summed E-state index contributed by atoms with van der Waals surface area (Å²) in [5.41, 5.74) is 1.50. The molecule has 0 aromatic heterocycles. The van der Waals surface area contributed by atoms with E-state index in [2.05, 4.69) is 16.3 Å². The average Bonchev–Trinajstić information content (AvgIpc) is 3.19. The van der Waals surface area contributed by atoms with Gasteiger partial charge in [-0.25, -0.2) is 0 Å². The molecule has 1 aromatic rings. The lowest BCUT2D eigenvalue weighted by atomic mass is 10.1. The first-order chi connectivity index (χ1) is 9.31. The fraction of sp³-hybridized carbons (Fsp3) is 0.533. The van der Waals surface area contributed by atoms with E-state index in [1.54, 1.807) is 7.11 Å². The van der Waals surface area contributed by atoms with Crippen molar-refractivity contribution >= 4 is 5.69 Å². The minimum absolute atomic E-state index is 0.420. The Labute approximate surface area is 114 Å². The number of methoxy groups -OCH3 is 1. The fourth-order valence-corrected chi connectivity index (χ4v) is 2.82. The van der Waals surface area contributed by atoms with Gasteiger partial charge in [0, 0.05) is 25.2 Å². The molecule has 1 unspecified atom stereocenters. The molecular formula is C15H19N3O. The molecule has 0 bridgehead atoms. The average molecular weight is 257 g/mol. The third-order valence-electron chi connectivity index (χ3n) is 4.00. The zero-order valence-electron chi connectivity index (χ0n) is 11.2. The number of anilines is 1. The Bertz CT molecular complexity index is 505. The summed E-state index contributed by atoms with van der Waals surface area (Å²) < 4.78 is 5.36. The van der Waals surface area contributed by atoms with Gasteiger partial charge in [0.25, 0.3) is 0 Å². The van der Waals surface area contributed by atoms with E-state index >= 15 is 0 Å². The van der Waals surface area contributed by atoms with Gasteiger partial charge in [0.15, 0.2) is 0 Å². The van der Waals surface area contributed by atoms with Gasteiger partial charge in [-0.05, 0) is 31.4 Å². The van der Waals surface area contributed by atoms with E-state index in [9.17, 15) is 5.26 Å². The SMILES string of the molecule is COc1cccc(C#N)c1NC1CCN(C2CC2)C1. The number of nitriles is 1. The van der Waals surface area contributed by atoms with Gasteiger partial charge in [0.1, 0.15) is 11.8 Å². The van der Waals surface area contributed by atoms with E-state index in [1.165, 1.54) is 19.4 Å². The van der Waals surface area contributed by atoms with Gasteiger partial charge in [-0.2, -0.15) is 5.26 Å². The van der Waals surface area contributed by atoms with Gasteiger partial charge in [-0.3, -0.25) is 4.90 Å². The van der Waals surface area contributed by atoms with E-state index in [0.717, 1.165) is 30.4 Å². The summed E-state index contributed by atoms with van der Waals surface area (Å²) in [5, 5.41) is 12.7. The molecular weight excluding hydrogens is 238 g/mol. The molecule has 2 fully saturated rings. The molecule has 1 saturated carbocycles. The van der Waals surface area contributed by atoms with E-state index in [-0.39, 0.29) is 0 Å². The van der Waals surface area contributed by atoms with E-state index < -0.39 is 0 Å². The van der Waals surface area contributed by atoms with Crippen LogP contribution in [0, 0.1) is 11.3 Å². The molecule has 3 rings (SSSR count). The molecule has 1 atom stereocenters. The monoisotopic (exact) mass is 257 g/mol. The Morgan fingerprint density at radius 1 is 1.37 bits per heavy atom. The second-order valence-electron chi connectivity index (χ2n) is 5.35. The second kappa shape index (κ2) is 5.10. The Balaban J connectivity index is 1.74. The lowest BCUT2D eigenvalue weighted by molar-refractivity contribution is 0.326. The Morgan fingerprint density at radius 3 is 2.89 bits per heavy atom. The maximum atomic E-state index is 9.21. The third-order valence-corrected chi connectivity index (χ3v) is 4.00. The number of benzene rings is 1. The highest BCUT2D eigenvalue weighted by Crippen LogP contribution is 2.33. The van der Waals surface area contributed by atoms with Crippen molar-refractivity contribution < 1.29 is 4.74 Å². The lowest BCUT2D eigenvalue weighted by Gasteiger charge is -2.19. The number of nitrogens with one attached hydrogen (secondary N) is 1. The maximum Gasteiger partial charge on any atom is 0.143 e. The maximum absolute atomic E-state index is 9.21. The lowest BCUT2D eigenvalue weighted by Crippen LogP contribution is -2.28. The number of hydrogen-bond acceptors (Lipinski definition) is 4. The third kappa shape index (κ3) is 2.52. The van der Waals surface area contributed by atoms with Crippen LogP contribution in [0.1, 0.15) is 24.8 Å². The molecule has 1 saturated heterocycles. The zero-order valence-corrected chi connectivity index (χ0v) is 11.2. The molecule has 1 aliphatic heterocycles. The van der Waals surface area contributed by atoms with Crippen LogP contribution in [0.15, 0.2) is 18.2 Å². The topological polar surface area (TPSA) is 48.3 Å². The largest absolute Gasteiger partial charge is 0.495 e. The quantitative estimate of drug-likeness (QED) is 0.898. The number of rotatable bonds is 4. The van der Waals surface area contributed by atoms with Gasteiger partial charge in [-0.15, -0.1) is 0 Å². The number of hydrogen-bond donors (Lipinski definition) is 1. The predicted octanol–water partition coefficient (Wildman–Crippen LogP) is 2.22. The normalized spacial score (nSPS) is 23.1. The van der Waals surface area contributed by atoms with Crippen LogP contribution in [-0.2, 0) is 0 Å². The molecule has 0 spiro atoms. The van der Waals surface area contributed by atoms with Crippen molar-refractivity contribution in [3.05, 3.63) is 23.8 Å². The number of likely N-dealkylation sites (tertiary alicyclic amines) is 1. The smallest absolute Gasteiger partial charge is 0.143 e. The molecule has 0 amide bonds. The van der Waals surface area contributed by atoms with Crippen molar-refractivity contribution in [3.63, 3.8) is 0 Å². The molecule has 4 nitrogen and oxygen atoms in total. The van der Waals surface area contributed by atoms with Crippen molar-refractivity contribution in [1.82, 2.24) is 4.90 Å². The molecule has 1 aromatic carbocycles. The summed E-state index contributed by atoms with van der Waals surface area (Å²) in [4.78, 5) is 2.55. The fourth-order valence-electron chi connectivity index (χ4n) is 2.82. The van der Waals surface area contributed by atoms with Crippen LogP contribution in [-0.4, -0.2) is 37.2 Å². The first kappa shape index (κ1) is 12.3. The van der Waals surface area contributed by atoms with Crippen LogP contribution >= 0.6 is 0 Å². The molecule has 2 aliphatic rings. The predicted molar refractivity (Wildman–Crippen MR) is 74.3 cm³/mol. The highest BCUT2D eigenvalue weighted by atomic mass is 16.5. The Kier molecular flexibility index (Phi) is 3.31. The van der Waals surface area contributed by atoms with Gasteiger partial charge < -0.3 is 10.1 Å². The van der Waals surface area contributed by atoms with Crippen molar-refractivity contribution in [2.24, 2.45) is 0 Å². The molecule has 100 valence electrons. The van der Waals surface area contributed by atoms with Crippen molar-refractivity contribution in [2.45, 2.75) is 31.3 Å². The van der Waals surface area contributed by atoms with Crippen molar-refractivity contribution in [2.75, 3.05) is 25.5 Å². The van der Waals surface area contributed by atoms with E-state index in [0.29, 0.717) is 11.6 Å². The highest BCUT2D eigenvalue weighted by Gasteiger charge is 2.34. The van der Waals surface area contributed by atoms with Crippen molar-refractivity contribution in [1.29, 1.82) is 5.26 Å². The van der Waals surface area contributed by atoms with Gasteiger partial charge in [0.05, 0.1) is 18.4 Å². The number of para-hydroxylation sites is 1. The minimum Gasteiger partial charge on any atom is -0.495 e. The summed E-state index contributed by atoms with van der Waals surface area (Å²) >= 11 is 0. The summed E-state index contributed by atoms with van der Waals surface area (Å²) in [6, 6.07) is 9.06. The van der Waals surface area contributed by atoms with Crippen LogP contribution in [0.2, 0.25) is 0 Å². The first-order valence-corrected chi connectivity index (χ1v) is 6.89. The Hall–Kier alpha value is -1.73. The van der Waals surface area contributed by atoms with Crippen LogP contribution < -0.4 is 10.1 Å². The molecule has 4 heteroatoms. The van der Waals surface area contributed by atoms with Gasteiger partial charge >= 0.3 is 0 Å². The van der Waals surface area contributed by atoms with Crippen LogP contribution in [0.4, 0.5) is 5.69 Å². The van der Waals surface area contributed by atoms with E-state index in [4.69, 9.17) is 4.74 Å². The number of ether oxygens (including phenoxy) is 1. The van der Waals surface area contributed by atoms with Crippen LogP contribution in [0.25, 0.3) is 0 Å². The molecule has 1 N–H and O–H groups in total. The second-order valence-corrected chi connectivity index (χ2v) is 5.35. The summed E-state index contributed by atoms with van der Waals surface area (Å²) in [7, 11) is 1.65. The summed E-state index contributed by atoms with van der Waals surface area (Å²) in [5.74, 6) is 0.754. The molecule has 0 radical (unpaired) electrons. The number of nitrogens with zero attached hydrogens (tertiary/aromatic N) is 2. The van der Waals surface area contributed by atoms with Gasteiger partial charge in [-0.1, -0.05) is 6.07 Å². The molecule has 1 aliphatic carbocycles. The molecule has 19 heavy (non-hydrogen) atoms. The van der Waals surface area contributed by atoms with Crippen LogP contribution in [0.3, 0.4) is 0 Å². The minimum atomic E-state index is 0.420. The van der Waals surface area contributed by atoms with E-state index in [1.807, 2.05) is 18.2 Å². The Morgan fingerprint density at radius 2 is 2.21 bits per heavy atom. The standard InChI is InChI=1S/C15H19N3O/c1-19-14-4-2-3-11(9-16)15(14)17-12-7-8-18(10-12)13-5-6-13/h2-4,12-13,17H,5-8,10H2,1H3. The summed E-state index contributed by atoms with van der Waals surface area (Å²) in [6.45, 7) is 2.24. The first-order valence-electron chi connectivity index (χ1n) is 6.89.